The fourth-order valence-electron chi connectivity index (χ4n) is 2.15. The Morgan fingerprint density at radius 3 is 2.59 bits per heavy atom. The van der Waals surface area contributed by atoms with Crippen LogP contribution < -0.4 is 10.2 Å². The van der Waals surface area contributed by atoms with Crippen LogP contribution in [-0.2, 0) is 13.6 Å². The summed E-state index contributed by atoms with van der Waals surface area (Å²) in [6, 6.07) is 0.340. The molecule has 0 amide bonds. The molecule has 98 valence electrons. The van der Waals surface area contributed by atoms with Crippen LogP contribution in [0.25, 0.3) is 0 Å². The molecule has 0 fully saturated rings. The predicted octanol–water partition coefficient (Wildman–Crippen LogP) is 0.655. The number of aryl methyl sites for hydroxylation is 2. The summed E-state index contributed by atoms with van der Waals surface area (Å²) in [4.78, 5) is 2.19. The first kappa shape index (κ1) is 14.0. The van der Waals surface area contributed by atoms with Crippen LogP contribution in [0.2, 0.25) is 0 Å². The molecule has 0 radical (unpaired) electrons. The Morgan fingerprint density at radius 2 is 2.12 bits per heavy atom. The normalized spacial score (nSPS) is 11.2. The minimum absolute atomic E-state index is 0.154. The first-order chi connectivity index (χ1) is 8.02. The van der Waals surface area contributed by atoms with Crippen molar-refractivity contribution in [1.82, 2.24) is 15.1 Å². The first-order valence-corrected chi connectivity index (χ1v) is 6.07. The van der Waals surface area contributed by atoms with Crippen molar-refractivity contribution in [3.63, 3.8) is 0 Å². The number of aliphatic hydroxyl groups is 1. The zero-order chi connectivity index (χ0) is 13.0. The number of aliphatic hydroxyl groups excluding tert-OH is 1. The van der Waals surface area contributed by atoms with Gasteiger partial charge in [0.1, 0.15) is 5.82 Å². The molecule has 5 nitrogen and oxygen atoms in total. The highest BCUT2D eigenvalue weighted by Gasteiger charge is 2.20. The Balaban J connectivity index is 3.16. The van der Waals surface area contributed by atoms with E-state index >= 15 is 0 Å². The smallest absolute Gasteiger partial charge is 0.131 e. The molecule has 0 spiro atoms. The SMILES string of the molecule is CNCc1c(C)nn(C)c1N(CCO)C(C)C. The topological polar surface area (TPSA) is 53.3 Å². The van der Waals surface area contributed by atoms with Crippen molar-refractivity contribution in [2.24, 2.45) is 7.05 Å². The van der Waals surface area contributed by atoms with E-state index in [2.05, 4.69) is 29.2 Å². The van der Waals surface area contributed by atoms with Crippen LogP contribution in [-0.4, -0.2) is 41.1 Å². The van der Waals surface area contributed by atoms with Crippen molar-refractivity contribution in [2.75, 3.05) is 25.1 Å². The molecule has 2 N–H and O–H groups in total. The van der Waals surface area contributed by atoms with Gasteiger partial charge in [0.05, 0.1) is 12.3 Å². The van der Waals surface area contributed by atoms with Gasteiger partial charge >= 0.3 is 0 Å². The zero-order valence-corrected chi connectivity index (χ0v) is 11.5. The van der Waals surface area contributed by atoms with Crippen molar-refractivity contribution in [3.8, 4) is 0 Å². The van der Waals surface area contributed by atoms with E-state index in [0.717, 1.165) is 18.1 Å². The van der Waals surface area contributed by atoms with Gasteiger partial charge in [0.15, 0.2) is 0 Å². The molecule has 0 bridgehead atoms. The average molecular weight is 240 g/mol. The summed E-state index contributed by atoms with van der Waals surface area (Å²) in [6.45, 7) is 7.86. The summed E-state index contributed by atoms with van der Waals surface area (Å²) < 4.78 is 1.90. The van der Waals surface area contributed by atoms with E-state index in [4.69, 9.17) is 0 Å². The monoisotopic (exact) mass is 240 g/mol. The summed E-state index contributed by atoms with van der Waals surface area (Å²) >= 11 is 0. The molecule has 1 heterocycles. The van der Waals surface area contributed by atoms with E-state index in [1.165, 1.54) is 5.56 Å². The Bertz CT molecular complexity index is 360. The summed E-state index contributed by atoms with van der Waals surface area (Å²) in [5.41, 5.74) is 2.25. The Labute approximate surface area is 103 Å². The second-order valence-electron chi connectivity index (χ2n) is 4.55. The Hall–Kier alpha value is -1.07. The highest BCUT2D eigenvalue weighted by molar-refractivity contribution is 5.50. The van der Waals surface area contributed by atoms with Crippen LogP contribution in [0.3, 0.4) is 0 Å². The van der Waals surface area contributed by atoms with Gasteiger partial charge in [0, 0.05) is 31.7 Å². The number of hydrogen-bond donors (Lipinski definition) is 2. The third kappa shape index (κ3) is 2.98. The van der Waals surface area contributed by atoms with E-state index in [-0.39, 0.29) is 6.61 Å². The lowest BCUT2D eigenvalue weighted by molar-refractivity contribution is 0.298. The summed E-state index contributed by atoms with van der Waals surface area (Å²) in [5.74, 6) is 1.10. The maximum Gasteiger partial charge on any atom is 0.131 e. The molecule has 0 unspecified atom stereocenters. The second-order valence-corrected chi connectivity index (χ2v) is 4.55. The van der Waals surface area contributed by atoms with Crippen LogP contribution in [0.15, 0.2) is 0 Å². The van der Waals surface area contributed by atoms with Crippen molar-refractivity contribution in [1.29, 1.82) is 0 Å². The van der Waals surface area contributed by atoms with Crippen molar-refractivity contribution >= 4 is 5.82 Å². The molecule has 0 aliphatic rings. The highest BCUT2D eigenvalue weighted by Crippen LogP contribution is 2.24. The Morgan fingerprint density at radius 1 is 1.47 bits per heavy atom. The Kier molecular flexibility index (Phi) is 4.96. The third-order valence-electron chi connectivity index (χ3n) is 2.90. The maximum absolute atomic E-state index is 9.18. The molecule has 17 heavy (non-hydrogen) atoms. The third-order valence-corrected chi connectivity index (χ3v) is 2.90. The summed E-state index contributed by atoms with van der Waals surface area (Å²) in [5, 5.41) is 16.8. The molecular weight excluding hydrogens is 216 g/mol. The van der Waals surface area contributed by atoms with Gasteiger partial charge in [0.25, 0.3) is 0 Å². The number of nitrogens with one attached hydrogen (secondary N) is 1. The zero-order valence-electron chi connectivity index (χ0n) is 11.5. The van der Waals surface area contributed by atoms with Crippen molar-refractivity contribution in [3.05, 3.63) is 11.3 Å². The van der Waals surface area contributed by atoms with Gasteiger partial charge in [-0.05, 0) is 27.8 Å². The maximum atomic E-state index is 9.18. The first-order valence-electron chi connectivity index (χ1n) is 6.07. The van der Waals surface area contributed by atoms with Crippen LogP contribution in [0.4, 0.5) is 5.82 Å². The summed E-state index contributed by atoms with van der Waals surface area (Å²) in [6.07, 6.45) is 0. The van der Waals surface area contributed by atoms with Gasteiger partial charge in [0.2, 0.25) is 0 Å². The number of hydrogen-bond acceptors (Lipinski definition) is 4. The lowest BCUT2D eigenvalue weighted by Gasteiger charge is -2.29. The number of rotatable bonds is 6. The molecule has 1 rings (SSSR count). The minimum Gasteiger partial charge on any atom is -0.395 e. The van der Waals surface area contributed by atoms with Crippen molar-refractivity contribution < 1.29 is 5.11 Å². The van der Waals surface area contributed by atoms with Gasteiger partial charge in [-0.25, -0.2) is 0 Å². The van der Waals surface area contributed by atoms with Crippen LogP contribution in [0.1, 0.15) is 25.1 Å². The van der Waals surface area contributed by atoms with Gasteiger partial charge in [-0.3, -0.25) is 4.68 Å². The largest absolute Gasteiger partial charge is 0.395 e. The van der Waals surface area contributed by atoms with Gasteiger partial charge in [-0.2, -0.15) is 5.10 Å². The molecule has 0 saturated heterocycles. The number of anilines is 1. The van der Waals surface area contributed by atoms with Crippen LogP contribution in [0, 0.1) is 6.92 Å². The quantitative estimate of drug-likeness (QED) is 0.767. The summed E-state index contributed by atoms with van der Waals surface area (Å²) in [7, 11) is 3.89. The lowest BCUT2D eigenvalue weighted by Crippen LogP contribution is -2.36. The molecule has 0 aromatic carbocycles. The van der Waals surface area contributed by atoms with Crippen LogP contribution >= 0.6 is 0 Å². The molecule has 0 aliphatic carbocycles. The molecule has 1 aromatic rings. The van der Waals surface area contributed by atoms with E-state index in [1.807, 2.05) is 25.7 Å². The fourth-order valence-corrected chi connectivity index (χ4v) is 2.15. The predicted molar refractivity (Wildman–Crippen MR) is 70.3 cm³/mol. The van der Waals surface area contributed by atoms with Gasteiger partial charge in [-0.15, -0.1) is 0 Å². The van der Waals surface area contributed by atoms with Gasteiger partial charge < -0.3 is 15.3 Å². The molecule has 0 aliphatic heterocycles. The van der Waals surface area contributed by atoms with Crippen LogP contribution in [0.5, 0.6) is 0 Å². The fraction of sp³-hybridized carbons (Fsp3) is 0.750. The molecular formula is C12H24N4O. The second kappa shape index (κ2) is 6.02. The van der Waals surface area contributed by atoms with E-state index in [9.17, 15) is 5.11 Å². The molecule has 0 atom stereocenters. The lowest BCUT2D eigenvalue weighted by atomic mass is 10.2. The number of aromatic nitrogens is 2. The highest BCUT2D eigenvalue weighted by atomic mass is 16.3. The standard InChI is InChI=1S/C12H24N4O/c1-9(2)16(6-7-17)12-11(8-13-4)10(3)14-15(12)5/h9,13,17H,6-8H2,1-5H3. The molecule has 1 aromatic heterocycles. The molecule has 0 saturated carbocycles. The van der Waals surface area contributed by atoms with E-state index < -0.39 is 0 Å². The van der Waals surface area contributed by atoms with E-state index in [0.29, 0.717) is 12.6 Å². The van der Waals surface area contributed by atoms with E-state index in [1.54, 1.807) is 0 Å². The van der Waals surface area contributed by atoms with Crippen molar-refractivity contribution in [2.45, 2.75) is 33.4 Å². The average Bonchev–Trinajstić information content (AvgIpc) is 2.51. The molecule has 5 heteroatoms. The number of nitrogens with zero attached hydrogens (tertiary/aromatic N) is 3. The van der Waals surface area contributed by atoms with Gasteiger partial charge in [-0.1, -0.05) is 0 Å². The minimum atomic E-state index is 0.154.